The van der Waals surface area contributed by atoms with Gasteiger partial charge in [0.1, 0.15) is 18.3 Å². The highest BCUT2D eigenvalue weighted by Crippen LogP contribution is 2.49. The van der Waals surface area contributed by atoms with Gasteiger partial charge in [0.15, 0.2) is 0 Å². The van der Waals surface area contributed by atoms with Crippen molar-refractivity contribution in [1.29, 1.82) is 0 Å². The normalized spacial score (nSPS) is 31.4. The van der Waals surface area contributed by atoms with Crippen LogP contribution in [-0.4, -0.2) is 52.7 Å². The maximum absolute atomic E-state index is 13.2. The first kappa shape index (κ1) is 30.7. The zero-order chi connectivity index (χ0) is 30.8. The van der Waals surface area contributed by atoms with Crippen LogP contribution in [0.5, 0.6) is 0 Å². The van der Waals surface area contributed by atoms with Crippen LogP contribution in [0.1, 0.15) is 56.6 Å². The van der Waals surface area contributed by atoms with Gasteiger partial charge in [0.2, 0.25) is 5.79 Å². The van der Waals surface area contributed by atoms with E-state index in [1.54, 1.807) is 31.6 Å². The van der Waals surface area contributed by atoms with Crippen molar-refractivity contribution in [2.24, 2.45) is 30.7 Å². The van der Waals surface area contributed by atoms with Crippen molar-refractivity contribution in [2.75, 3.05) is 13.7 Å². The zero-order valence-corrected chi connectivity index (χ0v) is 25.9. The van der Waals surface area contributed by atoms with Gasteiger partial charge < -0.3 is 23.5 Å². The van der Waals surface area contributed by atoms with Crippen LogP contribution in [-0.2, 0) is 30.8 Å². The Morgan fingerprint density at radius 1 is 1.21 bits per heavy atom. The first-order valence-corrected chi connectivity index (χ1v) is 15.0. The van der Waals surface area contributed by atoms with Gasteiger partial charge in [-0.3, -0.25) is 0 Å². The van der Waals surface area contributed by atoms with Crippen LogP contribution < -0.4 is 0 Å². The topological polar surface area (TPSA) is 88.9 Å². The second-order valence-electron chi connectivity index (χ2n) is 12.4. The summed E-state index contributed by atoms with van der Waals surface area (Å²) in [6, 6.07) is 8.94. The summed E-state index contributed by atoms with van der Waals surface area (Å²) >= 11 is 0. The van der Waals surface area contributed by atoms with E-state index in [2.05, 4.69) is 37.9 Å². The van der Waals surface area contributed by atoms with Gasteiger partial charge in [-0.1, -0.05) is 49.8 Å². The molecule has 0 N–H and O–H groups in total. The Hall–Kier alpha value is -3.75. The Morgan fingerprint density at radius 2 is 1.98 bits per heavy atom. The molecule has 1 aromatic carbocycles. The van der Waals surface area contributed by atoms with E-state index in [9.17, 15) is 9.59 Å². The van der Waals surface area contributed by atoms with Crippen molar-refractivity contribution < 1.29 is 28.5 Å². The summed E-state index contributed by atoms with van der Waals surface area (Å²) in [4.78, 5) is 30.4. The number of methoxy groups -OCH3 is 1. The highest BCUT2D eigenvalue weighted by molar-refractivity contribution is 5.89. The molecule has 2 aliphatic heterocycles. The summed E-state index contributed by atoms with van der Waals surface area (Å²) in [5.74, 6) is -1.27. The highest BCUT2D eigenvalue weighted by atomic mass is 16.7. The fourth-order valence-corrected chi connectivity index (χ4v) is 6.57. The number of fused-ring (bicyclic) bond motifs is 3. The number of carbonyl (C=O) groups excluding carboxylic acids is 2. The Labute approximate surface area is 254 Å². The van der Waals surface area contributed by atoms with Gasteiger partial charge in [0, 0.05) is 32.0 Å². The van der Waals surface area contributed by atoms with Gasteiger partial charge in [-0.15, -0.1) is 0 Å². The van der Waals surface area contributed by atoms with Crippen molar-refractivity contribution in [3.63, 3.8) is 0 Å². The molecule has 0 saturated carbocycles. The van der Waals surface area contributed by atoms with Crippen LogP contribution in [0.3, 0.4) is 0 Å². The molecule has 43 heavy (non-hydrogen) atoms. The molecule has 6 atom stereocenters. The van der Waals surface area contributed by atoms with Crippen molar-refractivity contribution >= 4 is 18.0 Å². The molecule has 1 aromatic heterocycles. The lowest BCUT2D eigenvalue weighted by atomic mass is 9.65. The number of allylic oxidation sites excluding steroid dienone is 3. The number of hydrogen-bond donors (Lipinski definition) is 0. The number of nitrogens with zero attached hydrogens (tertiary/aromatic N) is 2. The van der Waals surface area contributed by atoms with Crippen molar-refractivity contribution in [1.82, 2.24) is 9.55 Å². The lowest BCUT2D eigenvalue weighted by molar-refractivity contribution is -0.227. The van der Waals surface area contributed by atoms with Crippen molar-refractivity contribution in [3.8, 4) is 0 Å². The molecule has 0 unspecified atom stereocenters. The first-order valence-electron chi connectivity index (χ1n) is 15.0. The highest BCUT2D eigenvalue weighted by Gasteiger charge is 2.53. The SMILES string of the molecule is CO[C@]12C=C[C@](C)(O1)[C@@H](OC(=O)/C=C/c1cn(C)cn1)C[C@H]1C(C)=CC[C@H](C(C)C)[C@H]1/C=C\2COC(=O)c1ccccc1. The lowest BCUT2D eigenvalue weighted by Gasteiger charge is -2.41. The molecule has 3 heterocycles. The molecule has 8 nitrogen and oxygen atoms in total. The minimum absolute atomic E-state index is 0.00392. The van der Waals surface area contributed by atoms with E-state index >= 15 is 0 Å². The number of carbonyl (C=O) groups is 2. The van der Waals surface area contributed by atoms with E-state index < -0.39 is 29.4 Å². The Balaban J connectivity index is 1.50. The molecule has 228 valence electrons. The van der Waals surface area contributed by atoms with Crippen LogP contribution >= 0.6 is 0 Å². The summed E-state index contributed by atoms with van der Waals surface area (Å²) in [5.41, 5.74) is 2.12. The summed E-state index contributed by atoms with van der Waals surface area (Å²) in [5, 5.41) is 0. The van der Waals surface area contributed by atoms with Crippen LogP contribution in [0.15, 0.2) is 84.4 Å². The maximum Gasteiger partial charge on any atom is 0.338 e. The van der Waals surface area contributed by atoms with Crippen molar-refractivity contribution in [2.45, 2.75) is 58.0 Å². The van der Waals surface area contributed by atoms with Gasteiger partial charge in [0.05, 0.1) is 17.6 Å². The van der Waals surface area contributed by atoms with E-state index in [1.165, 1.54) is 11.6 Å². The third-order valence-corrected chi connectivity index (χ3v) is 9.11. The predicted molar refractivity (Wildman–Crippen MR) is 164 cm³/mol. The number of esters is 2. The van der Waals surface area contributed by atoms with Gasteiger partial charge in [-0.25, -0.2) is 14.6 Å². The Kier molecular flexibility index (Phi) is 8.90. The second-order valence-corrected chi connectivity index (χ2v) is 12.4. The van der Waals surface area contributed by atoms with E-state index in [0.717, 1.165) is 12.0 Å². The van der Waals surface area contributed by atoms with Gasteiger partial charge in [-0.2, -0.15) is 0 Å². The largest absolute Gasteiger partial charge is 0.457 e. The van der Waals surface area contributed by atoms with E-state index in [1.807, 2.05) is 55.1 Å². The van der Waals surface area contributed by atoms with Crippen LogP contribution in [0.2, 0.25) is 0 Å². The molecule has 0 radical (unpaired) electrons. The van der Waals surface area contributed by atoms with Crippen LogP contribution in [0, 0.1) is 23.7 Å². The average molecular weight is 587 g/mol. The number of ether oxygens (including phenoxy) is 4. The molecular weight excluding hydrogens is 544 g/mol. The van der Waals surface area contributed by atoms with E-state index in [4.69, 9.17) is 18.9 Å². The predicted octanol–water partition coefficient (Wildman–Crippen LogP) is 6.07. The number of hydrogen-bond acceptors (Lipinski definition) is 7. The first-order chi connectivity index (χ1) is 20.5. The summed E-state index contributed by atoms with van der Waals surface area (Å²) in [7, 11) is 3.46. The minimum atomic E-state index is -1.29. The van der Waals surface area contributed by atoms with E-state index in [0.29, 0.717) is 29.5 Å². The fraction of sp³-hybridized carbons (Fsp3) is 0.457. The number of aromatic nitrogens is 2. The number of imidazole rings is 1. The summed E-state index contributed by atoms with van der Waals surface area (Å²) < 4.78 is 26.7. The second kappa shape index (κ2) is 12.5. The standard InChI is InChI=1S/C35H42N2O6/c1-23(2)28-14-12-24(3)29-19-31(42-32(38)15-13-27-20-37(5)22-36-27)34(4)16-17-35(40-6,43-34)26(18-30(28)29)21-41-33(39)25-10-8-7-9-11-25/h7-13,15-18,20,22-23,28-31H,14,19,21H2,1-6H3/b15-13+,26-18-/t28-,29+,30-,31+,34+,35-/m1/s1. The quantitative estimate of drug-likeness (QED) is 0.211. The lowest BCUT2D eigenvalue weighted by Crippen LogP contribution is -2.47. The van der Waals surface area contributed by atoms with Gasteiger partial charge in [-0.05, 0) is 80.7 Å². The third-order valence-electron chi connectivity index (χ3n) is 9.11. The van der Waals surface area contributed by atoms with E-state index in [-0.39, 0.29) is 18.4 Å². The van der Waals surface area contributed by atoms with Gasteiger partial charge in [0.25, 0.3) is 0 Å². The summed E-state index contributed by atoms with van der Waals surface area (Å²) in [6.07, 6.45) is 15.7. The molecule has 0 fully saturated rings. The molecule has 2 bridgehead atoms. The molecule has 0 saturated heterocycles. The minimum Gasteiger partial charge on any atom is -0.457 e. The molecule has 2 aromatic rings. The van der Waals surface area contributed by atoms with Gasteiger partial charge >= 0.3 is 11.9 Å². The molecular formula is C35H42N2O6. The maximum atomic E-state index is 13.2. The van der Waals surface area contributed by atoms with Crippen LogP contribution in [0.25, 0.3) is 6.08 Å². The smallest absolute Gasteiger partial charge is 0.338 e. The zero-order valence-electron chi connectivity index (χ0n) is 25.9. The Morgan fingerprint density at radius 3 is 2.65 bits per heavy atom. The molecule has 0 amide bonds. The molecule has 8 heteroatoms. The monoisotopic (exact) mass is 586 g/mol. The Bertz CT molecular complexity index is 1450. The fourth-order valence-electron chi connectivity index (χ4n) is 6.57. The van der Waals surface area contributed by atoms with Crippen molar-refractivity contribution in [3.05, 3.63) is 95.6 Å². The average Bonchev–Trinajstić information content (AvgIpc) is 3.59. The molecule has 3 aliphatic rings. The molecule has 5 rings (SSSR count). The number of aryl methyl sites for hydroxylation is 1. The number of benzene rings is 1. The third kappa shape index (κ3) is 6.45. The summed E-state index contributed by atoms with van der Waals surface area (Å²) in [6.45, 7) is 8.54. The number of rotatable bonds is 8. The molecule has 1 aliphatic carbocycles. The molecule has 0 spiro atoms. The van der Waals surface area contributed by atoms with Crippen LogP contribution in [0.4, 0.5) is 0 Å².